The normalized spacial score (nSPS) is 16.9. The first-order valence-electron chi connectivity index (χ1n) is 10.9. The molecule has 1 N–H and O–H groups in total. The van der Waals surface area contributed by atoms with Crippen molar-refractivity contribution in [3.8, 4) is 0 Å². The quantitative estimate of drug-likeness (QED) is 0.0778. The second-order valence-corrected chi connectivity index (χ2v) is 11.9. The van der Waals surface area contributed by atoms with Crippen LogP contribution in [0.3, 0.4) is 0 Å². The largest absolute Gasteiger partial charge is 0.507 e. The molecule has 4 aromatic rings. The molecule has 1 saturated heterocycles. The molecule has 1 unspecified atom stereocenters. The number of Topliss-reactive ketones (excluding diaryl/α,β-unsaturated/α-hetero) is 1. The average Bonchev–Trinajstić information content (AvgIpc) is 3.45. The van der Waals surface area contributed by atoms with Gasteiger partial charge in [-0.05, 0) is 35.4 Å². The number of ketones is 1. The summed E-state index contributed by atoms with van der Waals surface area (Å²) in [5.74, 6) is -1.31. The third kappa shape index (κ3) is 5.32. The molecule has 0 aliphatic carbocycles. The molecule has 2 heterocycles. The van der Waals surface area contributed by atoms with E-state index in [9.17, 15) is 14.7 Å². The lowest BCUT2D eigenvalue weighted by Gasteiger charge is -2.23. The number of halogens is 3. The van der Waals surface area contributed by atoms with E-state index >= 15 is 0 Å². The van der Waals surface area contributed by atoms with E-state index in [0.29, 0.717) is 26.2 Å². The van der Waals surface area contributed by atoms with Crippen molar-refractivity contribution < 1.29 is 14.7 Å². The third-order valence-corrected chi connectivity index (χ3v) is 8.84. The number of carbonyl (C=O) groups excluding carboxylic acids is 2. The highest BCUT2D eigenvalue weighted by Crippen LogP contribution is 2.46. The highest BCUT2D eigenvalue weighted by Gasteiger charge is 2.49. The minimum Gasteiger partial charge on any atom is -0.507 e. The van der Waals surface area contributed by atoms with Gasteiger partial charge in [-0.1, -0.05) is 111 Å². The Morgan fingerprint density at radius 1 is 1.03 bits per heavy atom. The Bertz CT molecular complexity index is 1530. The van der Waals surface area contributed by atoms with Gasteiger partial charge in [-0.3, -0.25) is 14.5 Å². The van der Waals surface area contributed by atoms with Crippen molar-refractivity contribution in [1.82, 2.24) is 10.2 Å². The Morgan fingerprint density at radius 2 is 1.76 bits per heavy atom. The minimum atomic E-state index is -1.02. The molecule has 0 radical (unpaired) electrons. The molecule has 1 aliphatic heterocycles. The number of anilines is 1. The lowest BCUT2D eigenvalue weighted by Crippen LogP contribution is -2.29. The molecular formula is C26H16BrCl2N3O3S2. The number of nitrogens with zero attached hydrogens (tertiary/aromatic N) is 3. The number of hydrogen-bond acceptors (Lipinski definition) is 7. The van der Waals surface area contributed by atoms with E-state index in [2.05, 4.69) is 26.1 Å². The van der Waals surface area contributed by atoms with Crippen LogP contribution in [0.15, 0.2) is 87.2 Å². The molecule has 186 valence electrons. The van der Waals surface area contributed by atoms with Gasteiger partial charge in [-0.2, -0.15) is 0 Å². The van der Waals surface area contributed by atoms with Gasteiger partial charge >= 0.3 is 5.91 Å². The van der Waals surface area contributed by atoms with E-state index in [-0.39, 0.29) is 21.5 Å². The van der Waals surface area contributed by atoms with Crippen LogP contribution < -0.4 is 4.90 Å². The van der Waals surface area contributed by atoms with Gasteiger partial charge in [0.05, 0.1) is 11.6 Å². The number of aliphatic hydroxyl groups is 1. The van der Waals surface area contributed by atoms with Crippen LogP contribution in [-0.4, -0.2) is 27.0 Å². The number of aromatic nitrogens is 2. The van der Waals surface area contributed by atoms with Gasteiger partial charge < -0.3 is 5.11 Å². The Hall–Kier alpha value is -2.69. The molecular weight excluding hydrogens is 617 g/mol. The summed E-state index contributed by atoms with van der Waals surface area (Å²) in [6.45, 7) is 0. The molecule has 3 aromatic carbocycles. The number of benzene rings is 3. The van der Waals surface area contributed by atoms with Crippen molar-refractivity contribution in [2.45, 2.75) is 16.1 Å². The zero-order valence-electron chi connectivity index (χ0n) is 18.8. The molecule has 1 fully saturated rings. The number of hydrogen-bond donors (Lipinski definition) is 1. The van der Waals surface area contributed by atoms with E-state index in [4.69, 9.17) is 23.2 Å². The molecule has 1 aromatic heterocycles. The standard InChI is InChI=1S/C26H16BrCl2N3O3S2/c27-16-8-6-15(7-9-16)22(33)20-21(18-11-10-17(28)12-19(18)29)32(24(35)23(20)34)25-30-31-26(37-25)36-13-14-4-2-1-3-5-14/h1-12,21,33H,13H2/b22-20-. The van der Waals surface area contributed by atoms with Crippen LogP contribution in [0.5, 0.6) is 0 Å². The van der Waals surface area contributed by atoms with Crippen molar-refractivity contribution in [1.29, 1.82) is 0 Å². The highest BCUT2D eigenvalue weighted by molar-refractivity contribution is 9.10. The maximum absolute atomic E-state index is 13.3. The Labute approximate surface area is 239 Å². The summed E-state index contributed by atoms with van der Waals surface area (Å²) in [5.41, 5.74) is 1.84. The second-order valence-electron chi connectivity index (χ2n) is 7.97. The van der Waals surface area contributed by atoms with E-state index in [1.807, 2.05) is 30.3 Å². The summed E-state index contributed by atoms with van der Waals surface area (Å²) >= 11 is 18.7. The van der Waals surface area contributed by atoms with Crippen LogP contribution in [0, 0.1) is 0 Å². The Morgan fingerprint density at radius 3 is 2.46 bits per heavy atom. The van der Waals surface area contributed by atoms with Gasteiger partial charge in [0.1, 0.15) is 5.76 Å². The zero-order valence-corrected chi connectivity index (χ0v) is 23.5. The summed E-state index contributed by atoms with van der Waals surface area (Å²) in [4.78, 5) is 27.9. The van der Waals surface area contributed by atoms with Gasteiger partial charge in [0.25, 0.3) is 5.78 Å². The van der Waals surface area contributed by atoms with Gasteiger partial charge in [-0.15, -0.1) is 10.2 Å². The number of thioether (sulfide) groups is 1. The van der Waals surface area contributed by atoms with Crippen LogP contribution in [-0.2, 0) is 15.3 Å². The van der Waals surface area contributed by atoms with Crippen LogP contribution in [0.2, 0.25) is 10.0 Å². The molecule has 0 spiro atoms. The van der Waals surface area contributed by atoms with E-state index < -0.39 is 17.7 Å². The van der Waals surface area contributed by atoms with Crippen molar-refractivity contribution in [2.75, 3.05) is 4.90 Å². The van der Waals surface area contributed by atoms with E-state index in [1.165, 1.54) is 34.1 Å². The van der Waals surface area contributed by atoms with Crippen LogP contribution in [0.25, 0.3) is 5.76 Å². The number of amides is 1. The molecule has 1 atom stereocenters. The Balaban J connectivity index is 1.58. The van der Waals surface area contributed by atoms with Gasteiger partial charge in [0.15, 0.2) is 4.34 Å². The van der Waals surface area contributed by atoms with E-state index in [1.54, 1.807) is 36.4 Å². The molecule has 11 heteroatoms. The molecule has 6 nitrogen and oxygen atoms in total. The van der Waals surface area contributed by atoms with Crippen LogP contribution >= 0.6 is 62.2 Å². The lowest BCUT2D eigenvalue weighted by atomic mass is 9.95. The second kappa shape index (κ2) is 11.0. The fraction of sp³-hybridized carbons (Fsp3) is 0.0769. The molecule has 5 rings (SSSR count). The predicted molar refractivity (Wildman–Crippen MR) is 151 cm³/mol. The van der Waals surface area contributed by atoms with Crippen molar-refractivity contribution in [3.05, 3.63) is 110 Å². The minimum absolute atomic E-state index is 0.0924. The fourth-order valence-electron chi connectivity index (χ4n) is 3.89. The maximum atomic E-state index is 13.3. The molecule has 37 heavy (non-hydrogen) atoms. The highest BCUT2D eigenvalue weighted by atomic mass is 79.9. The molecule has 0 bridgehead atoms. The summed E-state index contributed by atoms with van der Waals surface area (Å²) in [7, 11) is 0. The maximum Gasteiger partial charge on any atom is 0.301 e. The van der Waals surface area contributed by atoms with Crippen LogP contribution in [0.1, 0.15) is 22.7 Å². The number of rotatable bonds is 6. The van der Waals surface area contributed by atoms with Crippen LogP contribution in [0.4, 0.5) is 5.13 Å². The van der Waals surface area contributed by atoms with Gasteiger partial charge in [0.2, 0.25) is 5.13 Å². The fourth-order valence-corrected chi connectivity index (χ4v) is 6.49. The van der Waals surface area contributed by atoms with Gasteiger partial charge in [0, 0.05) is 25.8 Å². The first-order chi connectivity index (χ1) is 17.8. The summed E-state index contributed by atoms with van der Waals surface area (Å²) in [5, 5.41) is 20.5. The monoisotopic (exact) mass is 631 g/mol. The number of aliphatic hydroxyl groups excluding tert-OH is 1. The zero-order chi connectivity index (χ0) is 26.1. The molecule has 1 aliphatic rings. The third-order valence-electron chi connectivity index (χ3n) is 5.63. The summed E-state index contributed by atoms with van der Waals surface area (Å²) in [6, 6.07) is 20.4. The topological polar surface area (TPSA) is 83.4 Å². The predicted octanol–water partition coefficient (Wildman–Crippen LogP) is 7.53. The average molecular weight is 633 g/mol. The van der Waals surface area contributed by atoms with E-state index in [0.717, 1.165) is 10.0 Å². The molecule has 0 saturated carbocycles. The Kier molecular flexibility index (Phi) is 7.69. The summed E-state index contributed by atoms with van der Waals surface area (Å²) < 4.78 is 1.44. The number of carbonyl (C=O) groups is 2. The first-order valence-corrected chi connectivity index (χ1v) is 14.2. The first kappa shape index (κ1) is 25.9. The van der Waals surface area contributed by atoms with Gasteiger partial charge in [-0.25, -0.2) is 0 Å². The van der Waals surface area contributed by atoms with Crippen molar-refractivity contribution in [2.24, 2.45) is 0 Å². The lowest BCUT2D eigenvalue weighted by molar-refractivity contribution is -0.132. The SMILES string of the molecule is O=C1C(=O)N(c2nnc(SCc3ccccc3)s2)C(c2ccc(Cl)cc2Cl)/C1=C(/O)c1ccc(Br)cc1. The summed E-state index contributed by atoms with van der Waals surface area (Å²) in [6.07, 6.45) is 0. The molecule has 1 amide bonds. The van der Waals surface area contributed by atoms with Crippen molar-refractivity contribution in [3.63, 3.8) is 0 Å². The smallest absolute Gasteiger partial charge is 0.301 e. The van der Waals surface area contributed by atoms with Crippen molar-refractivity contribution >= 4 is 84.8 Å².